The fourth-order valence-corrected chi connectivity index (χ4v) is 1.84. The van der Waals surface area contributed by atoms with Crippen molar-refractivity contribution >= 4 is 35.4 Å². The third-order valence-corrected chi connectivity index (χ3v) is 3.01. The molecule has 0 aliphatic heterocycles. The molecule has 0 aliphatic rings. The minimum atomic E-state index is 0.673. The molecular formula is C14H11Cl2N. The molecule has 0 amide bonds. The third-order valence-electron chi connectivity index (χ3n) is 2.43. The van der Waals surface area contributed by atoms with Crippen molar-refractivity contribution in [1.29, 1.82) is 0 Å². The second-order valence-corrected chi connectivity index (χ2v) is 4.55. The molecule has 0 aliphatic carbocycles. The predicted molar refractivity (Wildman–Crippen MR) is 74.4 cm³/mol. The highest BCUT2D eigenvalue weighted by Crippen LogP contribution is 2.22. The van der Waals surface area contributed by atoms with Gasteiger partial charge in [-0.2, -0.15) is 0 Å². The maximum Gasteiger partial charge on any atom is 0.0658 e. The first kappa shape index (κ1) is 12.2. The summed E-state index contributed by atoms with van der Waals surface area (Å²) < 4.78 is 0. The molecule has 1 heterocycles. The lowest BCUT2D eigenvalue weighted by Gasteiger charge is -2.00. The van der Waals surface area contributed by atoms with E-state index in [1.54, 1.807) is 18.3 Å². The van der Waals surface area contributed by atoms with Gasteiger partial charge in [0.25, 0.3) is 0 Å². The van der Waals surface area contributed by atoms with Gasteiger partial charge in [0.05, 0.1) is 5.69 Å². The highest BCUT2D eigenvalue weighted by molar-refractivity contribution is 6.34. The van der Waals surface area contributed by atoms with Crippen LogP contribution in [-0.2, 0) is 0 Å². The summed E-state index contributed by atoms with van der Waals surface area (Å²) in [7, 11) is 0. The average molecular weight is 264 g/mol. The van der Waals surface area contributed by atoms with Gasteiger partial charge in [-0.25, -0.2) is 0 Å². The van der Waals surface area contributed by atoms with Gasteiger partial charge in [0.2, 0.25) is 0 Å². The Morgan fingerprint density at radius 1 is 1.12 bits per heavy atom. The maximum atomic E-state index is 6.07. The van der Waals surface area contributed by atoms with Crippen LogP contribution in [0.4, 0.5) is 0 Å². The molecular weight excluding hydrogens is 253 g/mol. The molecule has 2 rings (SSSR count). The number of hydrogen-bond donors (Lipinski definition) is 0. The summed E-state index contributed by atoms with van der Waals surface area (Å²) in [6, 6.07) is 9.33. The van der Waals surface area contributed by atoms with Gasteiger partial charge in [0, 0.05) is 16.2 Å². The van der Waals surface area contributed by atoms with Gasteiger partial charge in [-0.05, 0) is 48.4 Å². The molecule has 0 saturated carbocycles. The molecule has 0 saturated heterocycles. The molecule has 0 N–H and O–H groups in total. The zero-order valence-electron chi connectivity index (χ0n) is 9.32. The normalized spacial score (nSPS) is 11.0. The number of halogens is 2. The minimum Gasteiger partial charge on any atom is -0.257 e. The van der Waals surface area contributed by atoms with Crippen LogP contribution in [0.25, 0.3) is 12.2 Å². The summed E-state index contributed by atoms with van der Waals surface area (Å²) in [5, 5.41) is 1.35. The van der Waals surface area contributed by atoms with E-state index in [4.69, 9.17) is 23.2 Å². The van der Waals surface area contributed by atoms with E-state index in [2.05, 4.69) is 4.98 Å². The van der Waals surface area contributed by atoms with Crippen LogP contribution in [0.15, 0.2) is 36.5 Å². The Hall–Kier alpha value is -1.31. The van der Waals surface area contributed by atoms with Crippen molar-refractivity contribution < 1.29 is 0 Å². The fraction of sp³-hybridized carbons (Fsp3) is 0.0714. The third kappa shape index (κ3) is 3.09. The molecule has 3 heteroatoms. The Morgan fingerprint density at radius 3 is 2.71 bits per heavy atom. The zero-order valence-corrected chi connectivity index (χ0v) is 10.8. The Morgan fingerprint density at radius 2 is 1.94 bits per heavy atom. The minimum absolute atomic E-state index is 0.673. The van der Waals surface area contributed by atoms with Crippen molar-refractivity contribution in [3.8, 4) is 0 Å². The summed E-state index contributed by atoms with van der Waals surface area (Å²) in [6.07, 6.45) is 5.63. The quantitative estimate of drug-likeness (QED) is 0.754. The molecule has 1 nitrogen and oxygen atoms in total. The fourth-order valence-electron chi connectivity index (χ4n) is 1.48. The predicted octanol–water partition coefficient (Wildman–Crippen LogP) is 4.87. The van der Waals surface area contributed by atoms with Crippen LogP contribution >= 0.6 is 23.2 Å². The molecule has 0 atom stereocenters. The van der Waals surface area contributed by atoms with Crippen molar-refractivity contribution in [3.05, 3.63) is 63.4 Å². The second kappa shape index (κ2) is 5.35. The SMILES string of the molecule is Cc1cccnc1/C=C/c1cc(Cl)ccc1Cl. The van der Waals surface area contributed by atoms with Crippen molar-refractivity contribution in [2.75, 3.05) is 0 Å². The van der Waals surface area contributed by atoms with E-state index in [1.807, 2.05) is 37.3 Å². The van der Waals surface area contributed by atoms with Crippen LogP contribution in [0.2, 0.25) is 10.0 Å². The Balaban J connectivity index is 2.32. The van der Waals surface area contributed by atoms with Crippen LogP contribution in [0.5, 0.6) is 0 Å². The van der Waals surface area contributed by atoms with Crippen LogP contribution in [-0.4, -0.2) is 4.98 Å². The molecule has 17 heavy (non-hydrogen) atoms. The highest BCUT2D eigenvalue weighted by Gasteiger charge is 1.98. The van der Waals surface area contributed by atoms with Gasteiger partial charge in [0.1, 0.15) is 0 Å². The van der Waals surface area contributed by atoms with Gasteiger partial charge in [-0.1, -0.05) is 35.3 Å². The summed E-state index contributed by atoms with van der Waals surface area (Å²) in [6.45, 7) is 2.02. The van der Waals surface area contributed by atoms with Crippen molar-refractivity contribution in [2.45, 2.75) is 6.92 Å². The molecule has 1 aromatic heterocycles. The lowest BCUT2D eigenvalue weighted by Crippen LogP contribution is -1.84. The maximum absolute atomic E-state index is 6.07. The first-order valence-corrected chi connectivity index (χ1v) is 5.97. The van der Waals surface area contributed by atoms with Gasteiger partial charge >= 0.3 is 0 Å². The summed E-state index contributed by atoms with van der Waals surface area (Å²) in [5.41, 5.74) is 2.95. The van der Waals surface area contributed by atoms with Crippen molar-refractivity contribution in [1.82, 2.24) is 4.98 Å². The molecule has 2 aromatic rings. The summed E-state index contributed by atoms with van der Waals surface area (Å²) >= 11 is 12.0. The van der Waals surface area contributed by atoms with Crippen LogP contribution in [0.1, 0.15) is 16.8 Å². The van der Waals surface area contributed by atoms with Crippen LogP contribution in [0, 0.1) is 6.92 Å². The topological polar surface area (TPSA) is 12.9 Å². The van der Waals surface area contributed by atoms with E-state index in [-0.39, 0.29) is 0 Å². The first-order valence-electron chi connectivity index (χ1n) is 5.21. The van der Waals surface area contributed by atoms with E-state index in [0.717, 1.165) is 16.8 Å². The molecule has 0 bridgehead atoms. The number of pyridine rings is 1. The number of rotatable bonds is 2. The number of aromatic nitrogens is 1. The van der Waals surface area contributed by atoms with E-state index >= 15 is 0 Å². The van der Waals surface area contributed by atoms with E-state index in [0.29, 0.717) is 10.0 Å². The average Bonchev–Trinajstić information content (AvgIpc) is 2.32. The standard InChI is InChI=1S/C14H11Cl2N/c1-10-3-2-8-17-14(10)7-4-11-9-12(15)5-6-13(11)16/h2-9H,1H3/b7-4+. The number of benzene rings is 1. The summed E-state index contributed by atoms with van der Waals surface area (Å²) in [5.74, 6) is 0. The smallest absolute Gasteiger partial charge is 0.0658 e. The first-order chi connectivity index (χ1) is 8.16. The van der Waals surface area contributed by atoms with E-state index in [1.165, 1.54) is 0 Å². The molecule has 0 fully saturated rings. The molecule has 1 aromatic carbocycles. The van der Waals surface area contributed by atoms with Gasteiger partial charge < -0.3 is 0 Å². The van der Waals surface area contributed by atoms with Gasteiger partial charge in [-0.3, -0.25) is 4.98 Å². The lowest BCUT2D eigenvalue weighted by atomic mass is 10.1. The van der Waals surface area contributed by atoms with Crippen molar-refractivity contribution in [2.24, 2.45) is 0 Å². The Kier molecular flexibility index (Phi) is 3.82. The zero-order chi connectivity index (χ0) is 12.3. The van der Waals surface area contributed by atoms with Crippen LogP contribution in [0.3, 0.4) is 0 Å². The Labute approximate surface area is 111 Å². The second-order valence-electron chi connectivity index (χ2n) is 3.70. The number of hydrogen-bond acceptors (Lipinski definition) is 1. The molecule has 0 unspecified atom stereocenters. The molecule has 0 spiro atoms. The monoisotopic (exact) mass is 263 g/mol. The highest BCUT2D eigenvalue weighted by atomic mass is 35.5. The number of nitrogens with zero attached hydrogens (tertiary/aromatic N) is 1. The Bertz CT molecular complexity index is 562. The van der Waals surface area contributed by atoms with E-state index < -0.39 is 0 Å². The van der Waals surface area contributed by atoms with Gasteiger partial charge in [-0.15, -0.1) is 0 Å². The lowest BCUT2D eigenvalue weighted by molar-refractivity contribution is 1.24. The summed E-state index contributed by atoms with van der Waals surface area (Å²) in [4.78, 5) is 4.28. The number of aryl methyl sites for hydroxylation is 1. The molecule has 0 radical (unpaired) electrons. The molecule has 86 valence electrons. The largest absolute Gasteiger partial charge is 0.257 e. The van der Waals surface area contributed by atoms with Gasteiger partial charge in [0.15, 0.2) is 0 Å². The van der Waals surface area contributed by atoms with Crippen LogP contribution < -0.4 is 0 Å². The van der Waals surface area contributed by atoms with Crippen molar-refractivity contribution in [3.63, 3.8) is 0 Å². The van der Waals surface area contributed by atoms with E-state index in [9.17, 15) is 0 Å².